The predicted octanol–water partition coefficient (Wildman–Crippen LogP) is 1.94. The molecule has 0 radical (unpaired) electrons. The van der Waals surface area contributed by atoms with Gasteiger partial charge in [0.2, 0.25) is 0 Å². The van der Waals surface area contributed by atoms with Crippen LogP contribution in [0.4, 0.5) is 5.69 Å². The Morgan fingerprint density at radius 2 is 1.85 bits per heavy atom. The summed E-state index contributed by atoms with van der Waals surface area (Å²) >= 11 is 0. The Bertz CT molecular complexity index is 675. The molecule has 0 fully saturated rings. The molecule has 0 saturated carbocycles. The molecule has 1 aliphatic heterocycles. The minimum Gasteiger partial charge on any atom is -0.389 e. The van der Waals surface area contributed by atoms with Gasteiger partial charge in [-0.25, -0.2) is 4.90 Å². The van der Waals surface area contributed by atoms with Gasteiger partial charge >= 0.3 is 0 Å². The Labute approximate surface area is 115 Å². The maximum atomic E-state index is 12.4. The number of rotatable bonds is 2. The van der Waals surface area contributed by atoms with Crippen LogP contribution in [0.1, 0.15) is 39.4 Å². The zero-order valence-corrected chi connectivity index (χ0v) is 10.8. The molecule has 1 aromatic carbocycles. The van der Waals surface area contributed by atoms with E-state index in [2.05, 4.69) is 4.98 Å². The molecule has 0 aliphatic carbocycles. The first kappa shape index (κ1) is 12.5. The van der Waals surface area contributed by atoms with Gasteiger partial charge in [0.1, 0.15) is 5.69 Å². The van der Waals surface area contributed by atoms with Gasteiger partial charge in [0.05, 0.1) is 17.4 Å². The topological polar surface area (TPSA) is 70.5 Å². The van der Waals surface area contributed by atoms with Crippen LogP contribution in [0.5, 0.6) is 0 Å². The minimum atomic E-state index is -0.775. The molecular formula is C15H12N2O3. The van der Waals surface area contributed by atoms with Crippen LogP contribution >= 0.6 is 0 Å². The summed E-state index contributed by atoms with van der Waals surface area (Å²) in [6.07, 6.45) is 0.706. The van der Waals surface area contributed by atoms with Crippen LogP contribution in [0.25, 0.3) is 0 Å². The van der Waals surface area contributed by atoms with Crippen molar-refractivity contribution >= 4 is 17.5 Å². The number of fused-ring (bicyclic) bond motifs is 1. The fourth-order valence-electron chi connectivity index (χ4n) is 2.33. The first-order chi connectivity index (χ1) is 9.61. The summed E-state index contributed by atoms with van der Waals surface area (Å²) in [5.41, 5.74) is 1.37. The Kier molecular flexibility index (Phi) is 2.84. The maximum absolute atomic E-state index is 12.4. The maximum Gasteiger partial charge on any atom is 0.284 e. The summed E-state index contributed by atoms with van der Waals surface area (Å²) in [5.74, 6) is -0.870. The molecule has 2 heterocycles. The van der Waals surface area contributed by atoms with Crippen molar-refractivity contribution in [1.29, 1.82) is 0 Å². The van der Waals surface area contributed by atoms with E-state index >= 15 is 0 Å². The largest absolute Gasteiger partial charge is 0.389 e. The molecule has 5 nitrogen and oxygen atoms in total. The van der Waals surface area contributed by atoms with E-state index in [0.29, 0.717) is 11.3 Å². The van der Waals surface area contributed by atoms with Crippen molar-refractivity contribution in [2.45, 2.75) is 13.0 Å². The van der Waals surface area contributed by atoms with E-state index in [1.54, 1.807) is 43.3 Å². The number of pyridine rings is 1. The molecule has 1 aliphatic rings. The number of aliphatic hydroxyl groups excluding tert-OH is 1. The van der Waals surface area contributed by atoms with Crippen molar-refractivity contribution < 1.29 is 14.7 Å². The first-order valence-electron chi connectivity index (χ1n) is 6.22. The van der Waals surface area contributed by atoms with Crippen LogP contribution < -0.4 is 4.90 Å². The Morgan fingerprint density at radius 3 is 2.55 bits per heavy atom. The number of aromatic nitrogens is 1. The van der Waals surface area contributed by atoms with Gasteiger partial charge in [0.25, 0.3) is 11.8 Å². The second kappa shape index (κ2) is 4.54. The highest BCUT2D eigenvalue weighted by Crippen LogP contribution is 2.32. The Balaban J connectivity index is 2.15. The molecule has 5 heteroatoms. The number of anilines is 1. The van der Waals surface area contributed by atoms with Crippen molar-refractivity contribution in [1.82, 2.24) is 4.98 Å². The van der Waals surface area contributed by atoms with Crippen molar-refractivity contribution in [2.24, 2.45) is 0 Å². The van der Waals surface area contributed by atoms with Gasteiger partial charge in [-0.3, -0.25) is 14.6 Å². The van der Waals surface area contributed by atoms with Crippen molar-refractivity contribution in [3.63, 3.8) is 0 Å². The van der Waals surface area contributed by atoms with E-state index in [1.165, 1.54) is 6.20 Å². The molecule has 1 N–H and O–H groups in total. The van der Waals surface area contributed by atoms with Crippen molar-refractivity contribution in [3.8, 4) is 0 Å². The van der Waals surface area contributed by atoms with Crippen LogP contribution in [-0.4, -0.2) is 21.9 Å². The number of carbonyl (C=O) groups is 2. The van der Waals surface area contributed by atoms with E-state index in [-0.39, 0.29) is 11.3 Å². The smallest absolute Gasteiger partial charge is 0.284 e. The number of hydrogen-bond donors (Lipinski definition) is 1. The second-order valence-corrected chi connectivity index (χ2v) is 4.58. The average Bonchev–Trinajstić information content (AvgIpc) is 2.71. The SMILES string of the molecule is CC(O)c1ccccc1N1C(=O)c2cccnc2C1=O. The third-order valence-electron chi connectivity index (χ3n) is 3.27. The third-order valence-corrected chi connectivity index (χ3v) is 3.27. The Hall–Kier alpha value is -2.53. The lowest BCUT2D eigenvalue weighted by atomic mass is 10.1. The van der Waals surface area contributed by atoms with Gasteiger partial charge in [-0.15, -0.1) is 0 Å². The summed E-state index contributed by atoms with van der Waals surface area (Å²) in [7, 11) is 0. The second-order valence-electron chi connectivity index (χ2n) is 4.58. The molecule has 1 unspecified atom stereocenters. The van der Waals surface area contributed by atoms with Gasteiger partial charge < -0.3 is 5.11 Å². The van der Waals surface area contributed by atoms with Gasteiger partial charge in [0.15, 0.2) is 0 Å². The van der Waals surface area contributed by atoms with Gasteiger partial charge in [0, 0.05) is 11.8 Å². The summed E-state index contributed by atoms with van der Waals surface area (Å²) < 4.78 is 0. The molecule has 0 spiro atoms. The molecule has 0 bridgehead atoms. The van der Waals surface area contributed by atoms with Gasteiger partial charge in [-0.2, -0.15) is 0 Å². The first-order valence-corrected chi connectivity index (χ1v) is 6.22. The highest BCUT2D eigenvalue weighted by Gasteiger charge is 2.38. The number of amides is 2. The fourth-order valence-corrected chi connectivity index (χ4v) is 2.33. The molecule has 3 rings (SSSR count). The number of imide groups is 1. The number of carbonyl (C=O) groups excluding carboxylic acids is 2. The number of nitrogens with zero attached hydrogens (tertiary/aromatic N) is 2. The lowest BCUT2D eigenvalue weighted by Crippen LogP contribution is -2.30. The van der Waals surface area contributed by atoms with E-state index in [4.69, 9.17) is 0 Å². The molecule has 100 valence electrons. The van der Waals surface area contributed by atoms with Crippen LogP contribution in [-0.2, 0) is 0 Å². The fraction of sp³-hybridized carbons (Fsp3) is 0.133. The molecule has 2 amide bonds. The van der Waals surface area contributed by atoms with Crippen LogP contribution in [0, 0.1) is 0 Å². The number of benzene rings is 1. The van der Waals surface area contributed by atoms with Crippen molar-refractivity contribution in [2.75, 3.05) is 4.90 Å². The monoisotopic (exact) mass is 268 g/mol. The molecule has 0 saturated heterocycles. The lowest BCUT2D eigenvalue weighted by Gasteiger charge is -2.19. The summed E-state index contributed by atoms with van der Waals surface area (Å²) in [6.45, 7) is 1.59. The van der Waals surface area contributed by atoms with Gasteiger partial charge in [-0.05, 0) is 25.1 Å². The van der Waals surface area contributed by atoms with Crippen LogP contribution in [0.15, 0.2) is 42.6 Å². The summed E-state index contributed by atoms with van der Waals surface area (Å²) in [6, 6.07) is 10.0. The number of hydrogen-bond acceptors (Lipinski definition) is 4. The zero-order valence-electron chi connectivity index (χ0n) is 10.8. The summed E-state index contributed by atoms with van der Waals surface area (Å²) in [5, 5.41) is 9.79. The standard InChI is InChI=1S/C15H12N2O3/c1-9(18)10-5-2-3-7-12(10)17-14(19)11-6-4-8-16-13(11)15(17)20/h2-9,18H,1H3. The third kappa shape index (κ3) is 1.71. The highest BCUT2D eigenvalue weighted by atomic mass is 16.3. The number of aliphatic hydroxyl groups is 1. The number of para-hydroxylation sites is 1. The molecule has 1 atom stereocenters. The molecule has 2 aromatic rings. The lowest BCUT2D eigenvalue weighted by molar-refractivity contribution is 0.0924. The predicted molar refractivity (Wildman–Crippen MR) is 72.5 cm³/mol. The van der Waals surface area contributed by atoms with E-state index in [1.807, 2.05) is 0 Å². The van der Waals surface area contributed by atoms with Crippen LogP contribution in [0.3, 0.4) is 0 Å². The minimum absolute atomic E-state index is 0.151. The average molecular weight is 268 g/mol. The quantitative estimate of drug-likeness (QED) is 0.845. The summed E-state index contributed by atoms with van der Waals surface area (Å²) in [4.78, 5) is 29.7. The van der Waals surface area contributed by atoms with Crippen molar-refractivity contribution in [3.05, 3.63) is 59.4 Å². The van der Waals surface area contributed by atoms with Gasteiger partial charge in [-0.1, -0.05) is 18.2 Å². The molecule has 20 heavy (non-hydrogen) atoms. The van der Waals surface area contributed by atoms with Crippen LogP contribution in [0.2, 0.25) is 0 Å². The zero-order chi connectivity index (χ0) is 14.3. The Morgan fingerprint density at radius 1 is 1.10 bits per heavy atom. The van der Waals surface area contributed by atoms with E-state index < -0.39 is 17.9 Å². The highest BCUT2D eigenvalue weighted by molar-refractivity contribution is 6.33. The molecular weight excluding hydrogens is 256 g/mol. The molecule has 1 aromatic heterocycles. The van der Waals surface area contributed by atoms with E-state index in [9.17, 15) is 14.7 Å². The van der Waals surface area contributed by atoms with E-state index in [0.717, 1.165) is 4.90 Å². The normalized spacial score (nSPS) is 15.4.